The molecule has 4 amide bonds. The van der Waals surface area contributed by atoms with Crippen LogP contribution in [-0.2, 0) is 19.1 Å². The van der Waals surface area contributed by atoms with E-state index in [1.165, 1.54) is 19.8 Å². The summed E-state index contributed by atoms with van der Waals surface area (Å²) in [6.07, 6.45) is 12.3. The van der Waals surface area contributed by atoms with E-state index in [4.69, 9.17) is 26.3 Å². The highest BCUT2D eigenvalue weighted by molar-refractivity contribution is 6.31. The Hall–Kier alpha value is -4.85. The maximum Gasteiger partial charge on any atom is 0.407 e. The second-order valence-electron chi connectivity index (χ2n) is 15.8. The fourth-order valence-electron chi connectivity index (χ4n) is 9.18. The first kappa shape index (κ1) is 39.4. The maximum atomic E-state index is 13.5. The van der Waals surface area contributed by atoms with Crippen molar-refractivity contribution >= 4 is 47.3 Å². The van der Waals surface area contributed by atoms with Crippen molar-refractivity contribution in [3.05, 3.63) is 69.8 Å². The zero-order valence-electron chi connectivity index (χ0n) is 32.7. The summed E-state index contributed by atoms with van der Waals surface area (Å²) in [5.74, 6) is 1.66. The van der Waals surface area contributed by atoms with Crippen LogP contribution in [0.25, 0.3) is 0 Å². The lowest BCUT2D eigenvalue weighted by atomic mass is 9.79. The molecule has 56 heavy (non-hydrogen) atoms. The predicted molar refractivity (Wildman–Crippen MR) is 214 cm³/mol. The quantitative estimate of drug-likeness (QED) is 0.242. The summed E-state index contributed by atoms with van der Waals surface area (Å²) < 4.78 is 9.43. The molecule has 1 saturated heterocycles. The minimum absolute atomic E-state index is 0.0225. The number of carbonyl (C=O) groups excluding carboxylic acids is 4. The molecule has 3 aliphatic heterocycles. The minimum Gasteiger partial charge on any atom is -0.453 e. The number of nitrogens with zero attached hydrogens (tertiary/aromatic N) is 4. The number of hydrogen-bond donors (Lipinski definition) is 4. The third-order valence-corrected chi connectivity index (χ3v) is 12.3. The van der Waals surface area contributed by atoms with Gasteiger partial charge in [0.15, 0.2) is 0 Å². The van der Waals surface area contributed by atoms with Gasteiger partial charge < -0.3 is 40.5 Å². The van der Waals surface area contributed by atoms with Gasteiger partial charge in [-0.15, -0.1) is 0 Å². The van der Waals surface area contributed by atoms with E-state index >= 15 is 0 Å². The number of hydrogen-bond acceptors (Lipinski definition) is 10. The molecule has 7 rings (SSSR count). The summed E-state index contributed by atoms with van der Waals surface area (Å²) >= 11 is 6.97. The van der Waals surface area contributed by atoms with Crippen LogP contribution in [0.1, 0.15) is 76.0 Å². The van der Waals surface area contributed by atoms with Gasteiger partial charge in [-0.2, -0.15) is 0 Å². The zero-order chi connectivity index (χ0) is 39.7. The van der Waals surface area contributed by atoms with Crippen molar-refractivity contribution in [2.75, 3.05) is 40.4 Å². The summed E-state index contributed by atoms with van der Waals surface area (Å²) in [4.78, 5) is 64.1. The van der Waals surface area contributed by atoms with E-state index in [1.807, 2.05) is 31.7 Å². The first-order valence-corrected chi connectivity index (χ1v) is 20.2. The minimum atomic E-state index is -0.709. The number of fused-ring (bicyclic) bond motifs is 5. The average molecular weight is 789 g/mol. The lowest BCUT2D eigenvalue weighted by Crippen LogP contribution is -2.55. The molecule has 0 spiro atoms. The number of benzene rings is 1. The molecule has 1 aromatic rings. The number of nitrogens with one attached hydrogen (secondary N) is 4. The number of likely N-dealkylation sites (tertiary alicyclic amines) is 1. The molecule has 6 aliphatic rings. The number of amidine groups is 2. The number of halogens is 1. The second kappa shape index (κ2) is 16.7. The Morgan fingerprint density at radius 2 is 1.91 bits per heavy atom. The van der Waals surface area contributed by atoms with Gasteiger partial charge in [0, 0.05) is 23.5 Å². The molecule has 15 heteroatoms. The topological polar surface area (TPSA) is 166 Å². The Morgan fingerprint density at radius 1 is 1.11 bits per heavy atom. The van der Waals surface area contributed by atoms with Gasteiger partial charge in [0.1, 0.15) is 30.3 Å². The number of piperidine rings is 1. The Kier molecular flexibility index (Phi) is 11.8. The molecule has 4 N–H and O–H groups in total. The van der Waals surface area contributed by atoms with Crippen molar-refractivity contribution in [2.45, 2.75) is 95.0 Å². The average Bonchev–Trinajstić information content (AvgIpc) is 4.02. The van der Waals surface area contributed by atoms with Crippen LogP contribution in [0.3, 0.4) is 0 Å². The molecular weight excluding hydrogens is 736 g/mol. The zero-order valence-corrected chi connectivity index (χ0v) is 33.5. The fraction of sp³-hybridized carbons (Fsp3) is 0.561. The van der Waals surface area contributed by atoms with Gasteiger partial charge in [-0.25, -0.2) is 9.59 Å². The Morgan fingerprint density at radius 3 is 2.64 bits per heavy atom. The van der Waals surface area contributed by atoms with E-state index in [1.54, 1.807) is 4.90 Å². The van der Waals surface area contributed by atoms with E-state index in [-0.39, 0.29) is 60.4 Å². The molecule has 0 aromatic heterocycles. The summed E-state index contributed by atoms with van der Waals surface area (Å²) in [6, 6.07) is 5.43. The lowest BCUT2D eigenvalue weighted by molar-refractivity contribution is -0.134. The van der Waals surface area contributed by atoms with Crippen LogP contribution in [0.5, 0.6) is 0 Å². The SMILES string of the molecule is CCCN(CC1=NCC(c2ccc(C3C=C4C=CC5NC(C6C7CCC(C7)N6C(=O)CNC(=O)OC)=NC5C4=CC3)cc2Cl)N1)C(=O)C(NC(=O)OC)C(C)C. The van der Waals surface area contributed by atoms with Crippen LogP contribution in [0.15, 0.2) is 63.6 Å². The van der Waals surface area contributed by atoms with Gasteiger partial charge in [-0.1, -0.05) is 68.8 Å². The van der Waals surface area contributed by atoms with Gasteiger partial charge in [0.05, 0.1) is 45.4 Å². The Bertz CT molecular complexity index is 1890. The molecule has 2 fully saturated rings. The molecule has 1 aromatic carbocycles. The molecule has 3 aliphatic carbocycles. The van der Waals surface area contributed by atoms with Crippen molar-refractivity contribution in [3.63, 3.8) is 0 Å². The number of aliphatic imine (C=N–C) groups is 2. The van der Waals surface area contributed by atoms with E-state index in [2.05, 4.69) is 62.4 Å². The third kappa shape index (κ3) is 7.89. The van der Waals surface area contributed by atoms with Crippen molar-refractivity contribution in [1.29, 1.82) is 0 Å². The van der Waals surface area contributed by atoms with E-state index in [0.717, 1.165) is 54.6 Å². The molecular formula is C41H53ClN8O6. The largest absolute Gasteiger partial charge is 0.453 e. The Labute approximate surface area is 333 Å². The smallest absolute Gasteiger partial charge is 0.407 e. The standard InChI is InChI=1S/C41H53ClN8O6/c1-6-15-49(39(52)35(22(2)3)48-41(54)56-5)21-33-43-19-32(45-33)29-13-9-24(18-30(29)42)23-8-12-28-25(16-23)10-14-31-36(28)47-38(46-31)37-26-7-11-27(17-26)50(37)34(51)20-44-40(53)55-4/h9-10,12-14,16,18,22-23,26-27,31-32,35-37H,6-8,11,15,17,19-21H2,1-5H3,(H,43,45)(H,44,53)(H,46,47)(H,48,54). The fourth-order valence-corrected chi connectivity index (χ4v) is 9.50. The monoisotopic (exact) mass is 788 g/mol. The van der Waals surface area contributed by atoms with E-state index < -0.39 is 18.2 Å². The van der Waals surface area contributed by atoms with Crippen LogP contribution in [-0.4, -0.2) is 116 Å². The molecule has 2 bridgehead atoms. The summed E-state index contributed by atoms with van der Waals surface area (Å²) in [6.45, 7) is 7.03. The van der Waals surface area contributed by atoms with Gasteiger partial charge in [0.25, 0.3) is 0 Å². The number of ether oxygens (including phenoxy) is 2. The predicted octanol–water partition coefficient (Wildman–Crippen LogP) is 4.39. The molecule has 0 radical (unpaired) electrons. The highest BCUT2D eigenvalue weighted by Crippen LogP contribution is 2.45. The molecule has 1 saturated carbocycles. The second-order valence-corrected chi connectivity index (χ2v) is 16.2. The molecule has 3 heterocycles. The number of amides is 4. The normalized spacial score (nSPS) is 27.5. The van der Waals surface area contributed by atoms with Gasteiger partial charge in [-0.3, -0.25) is 19.6 Å². The van der Waals surface area contributed by atoms with Gasteiger partial charge in [0.2, 0.25) is 11.8 Å². The first-order valence-electron chi connectivity index (χ1n) is 19.8. The number of rotatable bonds is 12. The maximum absolute atomic E-state index is 13.5. The van der Waals surface area contributed by atoms with Gasteiger partial charge in [-0.05, 0) is 72.3 Å². The number of carbonyl (C=O) groups is 4. The molecule has 14 nitrogen and oxygen atoms in total. The van der Waals surface area contributed by atoms with Crippen molar-refractivity contribution in [3.8, 4) is 0 Å². The van der Waals surface area contributed by atoms with E-state index in [9.17, 15) is 19.2 Å². The molecule has 300 valence electrons. The van der Waals surface area contributed by atoms with Crippen LogP contribution < -0.4 is 21.3 Å². The highest BCUT2D eigenvalue weighted by Gasteiger charge is 2.52. The van der Waals surface area contributed by atoms with Crippen LogP contribution in [0.4, 0.5) is 9.59 Å². The Balaban J connectivity index is 0.989. The van der Waals surface area contributed by atoms with Crippen LogP contribution in [0.2, 0.25) is 5.02 Å². The lowest BCUT2D eigenvalue weighted by Gasteiger charge is -2.35. The third-order valence-electron chi connectivity index (χ3n) is 11.9. The highest BCUT2D eigenvalue weighted by atomic mass is 35.5. The van der Waals surface area contributed by atoms with Crippen LogP contribution >= 0.6 is 11.6 Å². The number of methoxy groups -OCH3 is 2. The van der Waals surface area contributed by atoms with Crippen molar-refractivity contribution in [2.24, 2.45) is 21.8 Å². The van der Waals surface area contributed by atoms with E-state index in [0.29, 0.717) is 36.4 Å². The first-order chi connectivity index (χ1) is 27.0. The summed E-state index contributed by atoms with van der Waals surface area (Å²) in [5, 5.41) is 13.0. The van der Waals surface area contributed by atoms with Crippen molar-refractivity contribution in [1.82, 2.24) is 31.1 Å². The summed E-state index contributed by atoms with van der Waals surface area (Å²) in [5.41, 5.74) is 4.42. The summed E-state index contributed by atoms with van der Waals surface area (Å²) in [7, 11) is 2.57. The van der Waals surface area contributed by atoms with Crippen LogP contribution in [0, 0.1) is 11.8 Å². The number of alkyl carbamates (subject to hydrolysis) is 2. The number of allylic oxidation sites excluding steroid dienone is 3. The van der Waals surface area contributed by atoms with Gasteiger partial charge >= 0.3 is 12.2 Å². The molecule has 8 unspecified atom stereocenters. The molecule has 8 atom stereocenters. The van der Waals surface area contributed by atoms with Crippen molar-refractivity contribution < 1.29 is 28.7 Å².